The molecule has 184 valence electrons. The first-order valence-electron chi connectivity index (χ1n) is 10.9. The molecule has 3 aromatic rings. The maximum Gasteiger partial charge on any atom is 0.312 e. The molecule has 6 nitrogen and oxygen atoms in total. The van der Waals surface area contributed by atoms with Crippen LogP contribution in [0, 0.1) is 12.8 Å². The molecule has 1 saturated heterocycles. The van der Waals surface area contributed by atoms with Gasteiger partial charge in [-0.15, -0.1) is 23.1 Å². The van der Waals surface area contributed by atoms with Crippen molar-refractivity contribution < 1.29 is 23.8 Å². The van der Waals surface area contributed by atoms with Gasteiger partial charge in [0.15, 0.2) is 0 Å². The fourth-order valence-corrected chi connectivity index (χ4v) is 6.70. The highest BCUT2D eigenvalue weighted by molar-refractivity contribution is 8.00. The van der Waals surface area contributed by atoms with Gasteiger partial charge in [0.1, 0.15) is 22.7 Å². The van der Waals surface area contributed by atoms with Crippen molar-refractivity contribution >= 4 is 46.6 Å². The number of esters is 1. The highest BCUT2D eigenvalue weighted by atomic mass is 35.5. The predicted octanol–water partition coefficient (Wildman–Crippen LogP) is 5.76. The standard InChI is InChI=1S/C26H26ClNO5S2/c1-15-5-9-18(10-6-15)34-24-22(26(30)33-4)23(20-11-12-21(27)35-20)28(25(24)29)14-16-7-8-17(31-2)13-19(16)32-3/h5-13,22-24H,14H2,1-4H3. The average molecular weight is 532 g/mol. The summed E-state index contributed by atoms with van der Waals surface area (Å²) in [5, 5.41) is -0.653. The number of thioether (sulfide) groups is 1. The number of thiophene rings is 1. The summed E-state index contributed by atoms with van der Waals surface area (Å²) in [4.78, 5) is 30.5. The Kier molecular flexibility index (Phi) is 7.94. The minimum atomic E-state index is -0.710. The van der Waals surface area contributed by atoms with Gasteiger partial charge in [-0.05, 0) is 43.3 Å². The molecule has 0 N–H and O–H groups in total. The van der Waals surface area contributed by atoms with Crippen LogP contribution in [0.25, 0.3) is 0 Å². The van der Waals surface area contributed by atoms with E-state index in [4.69, 9.17) is 25.8 Å². The quantitative estimate of drug-likeness (QED) is 0.344. The summed E-state index contributed by atoms with van der Waals surface area (Å²) in [6.07, 6.45) is 0. The Morgan fingerprint density at radius 3 is 2.40 bits per heavy atom. The minimum Gasteiger partial charge on any atom is -0.497 e. The number of carbonyl (C=O) groups excluding carboxylic acids is 2. The van der Waals surface area contributed by atoms with E-state index < -0.39 is 23.2 Å². The van der Waals surface area contributed by atoms with Crippen molar-refractivity contribution in [3.63, 3.8) is 0 Å². The third kappa shape index (κ3) is 5.29. The SMILES string of the molecule is COC(=O)C1C(Sc2ccc(C)cc2)C(=O)N(Cc2ccc(OC)cc2OC)C1c1ccc(Cl)s1. The normalized spacial score (nSPS) is 19.6. The number of benzene rings is 2. The lowest BCUT2D eigenvalue weighted by molar-refractivity contribution is -0.146. The molecule has 3 atom stereocenters. The van der Waals surface area contributed by atoms with Crippen LogP contribution in [-0.2, 0) is 20.9 Å². The van der Waals surface area contributed by atoms with E-state index in [0.717, 1.165) is 20.9 Å². The maximum absolute atomic E-state index is 13.9. The number of hydrogen-bond acceptors (Lipinski definition) is 7. The Morgan fingerprint density at radius 1 is 1.06 bits per heavy atom. The van der Waals surface area contributed by atoms with Crippen LogP contribution >= 0.6 is 34.7 Å². The van der Waals surface area contributed by atoms with E-state index in [9.17, 15) is 9.59 Å². The number of amides is 1. The van der Waals surface area contributed by atoms with Gasteiger partial charge in [-0.3, -0.25) is 9.59 Å². The summed E-state index contributed by atoms with van der Waals surface area (Å²) in [6, 6.07) is 16.5. The zero-order valence-corrected chi connectivity index (χ0v) is 22.2. The largest absolute Gasteiger partial charge is 0.497 e. The molecule has 1 fully saturated rings. The lowest BCUT2D eigenvalue weighted by Crippen LogP contribution is -2.30. The molecule has 2 aromatic carbocycles. The number of methoxy groups -OCH3 is 3. The second kappa shape index (κ2) is 10.9. The predicted molar refractivity (Wildman–Crippen MR) is 138 cm³/mol. The van der Waals surface area contributed by atoms with Crippen LogP contribution in [0.3, 0.4) is 0 Å². The molecule has 1 amide bonds. The number of ether oxygens (including phenoxy) is 3. The number of carbonyl (C=O) groups is 2. The molecule has 0 bridgehead atoms. The zero-order chi connectivity index (χ0) is 25.1. The van der Waals surface area contributed by atoms with Gasteiger partial charge >= 0.3 is 5.97 Å². The second-order valence-corrected chi connectivity index (χ2v) is 11.1. The van der Waals surface area contributed by atoms with Crippen LogP contribution in [0.1, 0.15) is 22.0 Å². The molecular formula is C26H26ClNO5S2. The van der Waals surface area contributed by atoms with Crippen LogP contribution < -0.4 is 9.47 Å². The monoisotopic (exact) mass is 531 g/mol. The Hall–Kier alpha value is -2.68. The van der Waals surface area contributed by atoms with Crippen molar-refractivity contribution in [2.24, 2.45) is 5.92 Å². The van der Waals surface area contributed by atoms with Gasteiger partial charge in [0.25, 0.3) is 0 Å². The fraction of sp³-hybridized carbons (Fsp3) is 0.308. The van der Waals surface area contributed by atoms with Crippen molar-refractivity contribution in [2.45, 2.75) is 29.7 Å². The van der Waals surface area contributed by atoms with Crippen molar-refractivity contribution in [1.29, 1.82) is 0 Å². The molecule has 4 rings (SSSR count). The van der Waals surface area contributed by atoms with Crippen LogP contribution in [0.5, 0.6) is 11.5 Å². The Balaban J connectivity index is 1.77. The molecule has 0 radical (unpaired) electrons. The summed E-state index contributed by atoms with van der Waals surface area (Å²) < 4.78 is 16.7. The van der Waals surface area contributed by atoms with Gasteiger partial charge < -0.3 is 19.1 Å². The van der Waals surface area contributed by atoms with E-state index in [1.54, 1.807) is 31.3 Å². The van der Waals surface area contributed by atoms with Crippen molar-refractivity contribution in [3.05, 3.63) is 74.9 Å². The molecule has 1 aliphatic rings. The van der Waals surface area contributed by atoms with E-state index >= 15 is 0 Å². The molecule has 35 heavy (non-hydrogen) atoms. The van der Waals surface area contributed by atoms with Gasteiger partial charge in [0.05, 0.1) is 38.3 Å². The summed E-state index contributed by atoms with van der Waals surface area (Å²) in [5.74, 6) is -0.0256. The van der Waals surface area contributed by atoms with Crippen LogP contribution in [0.4, 0.5) is 0 Å². The van der Waals surface area contributed by atoms with E-state index in [-0.39, 0.29) is 12.5 Å². The molecule has 1 aromatic heterocycles. The first-order valence-corrected chi connectivity index (χ1v) is 13.0. The molecule has 3 unspecified atom stereocenters. The van der Waals surface area contributed by atoms with E-state index in [2.05, 4.69) is 0 Å². The molecule has 0 spiro atoms. The number of halogens is 1. The van der Waals surface area contributed by atoms with E-state index in [1.165, 1.54) is 30.2 Å². The summed E-state index contributed by atoms with van der Waals surface area (Å²) >= 11 is 9.01. The first-order chi connectivity index (χ1) is 16.9. The fourth-order valence-electron chi connectivity index (χ4n) is 4.25. The third-order valence-corrected chi connectivity index (χ3v) is 8.60. The van der Waals surface area contributed by atoms with E-state index in [0.29, 0.717) is 15.8 Å². The molecule has 0 saturated carbocycles. The summed E-state index contributed by atoms with van der Waals surface area (Å²) in [6.45, 7) is 2.26. The molecular weight excluding hydrogens is 506 g/mol. The van der Waals surface area contributed by atoms with Crippen molar-refractivity contribution in [3.8, 4) is 11.5 Å². The lowest BCUT2D eigenvalue weighted by Gasteiger charge is -2.27. The van der Waals surface area contributed by atoms with Crippen LogP contribution in [0.2, 0.25) is 4.34 Å². The van der Waals surface area contributed by atoms with Gasteiger partial charge in [0.2, 0.25) is 5.91 Å². The molecule has 0 aliphatic carbocycles. The van der Waals surface area contributed by atoms with Crippen LogP contribution in [-0.4, -0.2) is 43.4 Å². The smallest absolute Gasteiger partial charge is 0.312 e. The molecule has 9 heteroatoms. The van der Waals surface area contributed by atoms with Crippen molar-refractivity contribution in [1.82, 2.24) is 4.90 Å². The summed E-state index contributed by atoms with van der Waals surface area (Å²) in [7, 11) is 4.52. The van der Waals surface area contributed by atoms with Crippen molar-refractivity contribution in [2.75, 3.05) is 21.3 Å². The first kappa shape index (κ1) is 25.4. The summed E-state index contributed by atoms with van der Waals surface area (Å²) in [5.41, 5.74) is 1.93. The topological polar surface area (TPSA) is 65.1 Å². The Bertz CT molecular complexity index is 1210. The Morgan fingerprint density at radius 2 is 1.80 bits per heavy atom. The zero-order valence-electron chi connectivity index (χ0n) is 19.8. The number of rotatable bonds is 8. The average Bonchev–Trinajstić information content (AvgIpc) is 3.41. The number of nitrogens with zero attached hydrogens (tertiary/aromatic N) is 1. The van der Waals surface area contributed by atoms with Gasteiger partial charge in [0, 0.05) is 21.4 Å². The highest BCUT2D eigenvalue weighted by Crippen LogP contribution is 2.49. The van der Waals surface area contributed by atoms with E-state index in [1.807, 2.05) is 49.4 Å². The number of likely N-dealkylation sites (tertiary alicyclic amines) is 1. The molecule has 2 heterocycles. The minimum absolute atomic E-state index is 0.140. The number of aryl methyl sites for hydroxylation is 1. The van der Waals surface area contributed by atoms with Gasteiger partial charge in [-0.2, -0.15) is 0 Å². The lowest BCUT2D eigenvalue weighted by atomic mass is 9.98. The van der Waals surface area contributed by atoms with Gasteiger partial charge in [-0.25, -0.2) is 0 Å². The third-order valence-electron chi connectivity index (χ3n) is 6.01. The maximum atomic E-state index is 13.9. The van der Waals surface area contributed by atoms with Crippen LogP contribution in [0.15, 0.2) is 59.5 Å². The Labute approximate surface area is 218 Å². The second-order valence-electron chi connectivity index (χ2n) is 8.13. The molecule has 1 aliphatic heterocycles. The highest BCUT2D eigenvalue weighted by Gasteiger charge is 2.53. The van der Waals surface area contributed by atoms with Gasteiger partial charge in [-0.1, -0.05) is 29.3 Å². The number of hydrogen-bond donors (Lipinski definition) is 0.